The topological polar surface area (TPSA) is 89.9 Å². The zero-order valence-electron chi connectivity index (χ0n) is 8.07. The Balaban J connectivity index is 3.20. The van der Waals surface area contributed by atoms with Gasteiger partial charge in [0.2, 0.25) is 5.76 Å². The number of aliphatic hydroxyl groups excluding tert-OH is 1. The Bertz CT molecular complexity index is 401. The standard InChI is InChI=1S/C9H8O6/c1-4(10)3-5-6(8(12)14-2)7(11)9(13)15-5/h3,11H,1-2H3/b5-3-. The fourth-order valence-corrected chi connectivity index (χ4v) is 1.00. The minimum atomic E-state index is -1.08. The third-order valence-electron chi connectivity index (χ3n) is 1.60. The van der Waals surface area contributed by atoms with Crippen LogP contribution in [0.5, 0.6) is 0 Å². The molecule has 0 aromatic rings. The lowest BCUT2D eigenvalue weighted by Gasteiger charge is -1.99. The first-order chi connectivity index (χ1) is 6.97. The molecule has 1 N–H and O–H groups in total. The summed E-state index contributed by atoms with van der Waals surface area (Å²) in [6.07, 6.45) is 0.924. The van der Waals surface area contributed by atoms with E-state index in [9.17, 15) is 19.5 Å². The maximum absolute atomic E-state index is 11.1. The Hall–Kier alpha value is -2.11. The Kier molecular flexibility index (Phi) is 2.89. The second kappa shape index (κ2) is 3.95. The summed E-state index contributed by atoms with van der Waals surface area (Å²) in [6, 6.07) is 0. The molecule has 15 heavy (non-hydrogen) atoms. The van der Waals surface area contributed by atoms with Gasteiger partial charge in [-0.1, -0.05) is 0 Å². The van der Waals surface area contributed by atoms with Crippen LogP contribution in [0, 0.1) is 0 Å². The predicted octanol–water partition coefficient (Wildman–Crippen LogP) is 0.00120. The summed E-state index contributed by atoms with van der Waals surface area (Å²) in [6.45, 7) is 1.21. The number of ketones is 1. The molecule has 1 rings (SSSR count). The van der Waals surface area contributed by atoms with E-state index in [1.54, 1.807) is 0 Å². The molecule has 0 saturated carbocycles. The average molecular weight is 212 g/mol. The van der Waals surface area contributed by atoms with Crippen LogP contribution in [0.4, 0.5) is 0 Å². The van der Waals surface area contributed by atoms with Crippen molar-refractivity contribution in [2.45, 2.75) is 6.92 Å². The SMILES string of the molecule is COC(=O)C1=C(O)C(=O)O/C1=C\C(C)=O. The molecule has 0 fully saturated rings. The molecule has 0 aromatic heterocycles. The minimum Gasteiger partial charge on any atom is -0.501 e. The van der Waals surface area contributed by atoms with Gasteiger partial charge in [-0.2, -0.15) is 0 Å². The predicted molar refractivity (Wildman–Crippen MR) is 46.5 cm³/mol. The van der Waals surface area contributed by atoms with Crippen LogP contribution in [0.25, 0.3) is 0 Å². The number of rotatable bonds is 2. The van der Waals surface area contributed by atoms with Crippen LogP contribution in [0.15, 0.2) is 23.2 Å². The van der Waals surface area contributed by atoms with Crippen molar-refractivity contribution in [3.05, 3.63) is 23.2 Å². The second-order valence-corrected chi connectivity index (χ2v) is 2.72. The summed E-state index contributed by atoms with van der Waals surface area (Å²) < 4.78 is 8.82. The second-order valence-electron chi connectivity index (χ2n) is 2.72. The monoisotopic (exact) mass is 212 g/mol. The first-order valence-corrected chi connectivity index (χ1v) is 3.93. The van der Waals surface area contributed by atoms with Gasteiger partial charge in [-0.3, -0.25) is 4.79 Å². The summed E-state index contributed by atoms with van der Waals surface area (Å²) in [5, 5.41) is 9.19. The highest BCUT2D eigenvalue weighted by Crippen LogP contribution is 2.25. The molecule has 1 heterocycles. The van der Waals surface area contributed by atoms with Crippen LogP contribution in [0.3, 0.4) is 0 Å². The van der Waals surface area contributed by atoms with E-state index in [-0.39, 0.29) is 5.76 Å². The smallest absolute Gasteiger partial charge is 0.379 e. The first-order valence-electron chi connectivity index (χ1n) is 3.93. The molecule has 0 saturated heterocycles. The molecule has 1 aliphatic heterocycles. The highest BCUT2D eigenvalue weighted by Gasteiger charge is 2.35. The van der Waals surface area contributed by atoms with E-state index in [2.05, 4.69) is 9.47 Å². The number of ether oxygens (including phenoxy) is 2. The molecule has 0 radical (unpaired) electrons. The Labute approximate surface area is 84.8 Å². The molecular formula is C9H8O6. The van der Waals surface area contributed by atoms with Gasteiger partial charge < -0.3 is 14.6 Å². The van der Waals surface area contributed by atoms with Crippen LogP contribution in [-0.4, -0.2) is 29.9 Å². The molecule has 6 heteroatoms. The molecule has 1 aliphatic rings. The number of hydrogen-bond acceptors (Lipinski definition) is 6. The number of esters is 2. The van der Waals surface area contributed by atoms with Crippen molar-refractivity contribution in [1.29, 1.82) is 0 Å². The van der Waals surface area contributed by atoms with E-state index in [1.807, 2.05) is 0 Å². The number of methoxy groups -OCH3 is 1. The number of hydrogen-bond donors (Lipinski definition) is 1. The van der Waals surface area contributed by atoms with Gasteiger partial charge in [0.1, 0.15) is 0 Å². The summed E-state index contributed by atoms with van der Waals surface area (Å²) in [5.41, 5.74) is -0.433. The molecule has 0 aromatic carbocycles. The largest absolute Gasteiger partial charge is 0.501 e. The van der Waals surface area contributed by atoms with Crippen molar-refractivity contribution in [3.63, 3.8) is 0 Å². The van der Waals surface area contributed by atoms with Crippen molar-refractivity contribution in [2.24, 2.45) is 0 Å². The summed E-state index contributed by atoms with van der Waals surface area (Å²) in [7, 11) is 1.08. The molecule has 0 aliphatic carbocycles. The highest BCUT2D eigenvalue weighted by atomic mass is 16.6. The maximum Gasteiger partial charge on any atom is 0.379 e. The van der Waals surface area contributed by atoms with Crippen molar-refractivity contribution in [1.82, 2.24) is 0 Å². The van der Waals surface area contributed by atoms with E-state index in [0.29, 0.717) is 0 Å². The van der Waals surface area contributed by atoms with Crippen LogP contribution < -0.4 is 0 Å². The van der Waals surface area contributed by atoms with Gasteiger partial charge in [-0.05, 0) is 6.92 Å². The maximum atomic E-state index is 11.1. The van der Waals surface area contributed by atoms with E-state index in [0.717, 1.165) is 13.2 Å². The molecule has 0 bridgehead atoms. The number of cyclic esters (lactones) is 1. The van der Waals surface area contributed by atoms with Crippen LogP contribution >= 0.6 is 0 Å². The fourth-order valence-electron chi connectivity index (χ4n) is 1.00. The average Bonchev–Trinajstić information content (AvgIpc) is 2.41. The van der Waals surface area contributed by atoms with Crippen molar-refractivity contribution in [2.75, 3.05) is 7.11 Å². The molecule has 6 nitrogen and oxygen atoms in total. The number of aliphatic hydroxyl groups is 1. The normalized spacial score (nSPS) is 18.0. The molecule has 80 valence electrons. The summed E-state index contributed by atoms with van der Waals surface area (Å²) in [4.78, 5) is 32.8. The number of carbonyl (C=O) groups is 3. The van der Waals surface area contributed by atoms with E-state index in [1.165, 1.54) is 6.92 Å². The van der Waals surface area contributed by atoms with Crippen LogP contribution in [0.1, 0.15) is 6.92 Å². The molecule has 0 amide bonds. The molecule has 0 spiro atoms. The van der Waals surface area contributed by atoms with Crippen LogP contribution in [0.2, 0.25) is 0 Å². The number of allylic oxidation sites excluding steroid dienone is 1. The van der Waals surface area contributed by atoms with Gasteiger partial charge in [0.05, 0.1) is 7.11 Å². The highest BCUT2D eigenvalue weighted by molar-refractivity contribution is 6.07. The van der Waals surface area contributed by atoms with Gasteiger partial charge in [-0.15, -0.1) is 0 Å². The zero-order chi connectivity index (χ0) is 11.6. The third kappa shape index (κ3) is 2.04. The quantitative estimate of drug-likeness (QED) is 0.511. The van der Waals surface area contributed by atoms with Crippen molar-refractivity contribution >= 4 is 17.7 Å². The fraction of sp³-hybridized carbons (Fsp3) is 0.222. The molecule has 0 unspecified atom stereocenters. The molecule has 0 atom stereocenters. The zero-order valence-corrected chi connectivity index (χ0v) is 8.07. The minimum absolute atomic E-state index is 0.295. The van der Waals surface area contributed by atoms with Gasteiger partial charge in [-0.25, -0.2) is 9.59 Å². The van der Waals surface area contributed by atoms with Gasteiger partial charge in [0.25, 0.3) is 0 Å². The van der Waals surface area contributed by atoms with Crippen molar-refractivity contribution in [3.8, 4) is 0 Å². The van der Waals surface area contributed by atoms with E-state index < -0.39 is 29.1 Å². The molecular weight excluding hydrogens is 204 g/mol. The third-order valence-corrected chi connectivity index (χ3v) is 1.60. The first kappa shape index (κ1) is 11.0. The lowest BCUT2D eigenvalue weighted by molar-refractivity contribution is -0.136. The Morgan fingerprint density at radius 3 is 2.53 bits per heavy atom. The lowest BCUT2D eigenvalue weighted by atomic mass is 10.2. The van der Waals surface area contributed by atoms with Crippen LogP contribution in [-0.2, 0) is 23.9 Å². The Morgan fingerprint density at radius 2 is 2.07 bits per heavy atom. The van der Waals surface area contributed by atoms with Gasteiger partial charge >= 0.3 is 11.9 Å². The van der Waals surface area contributed by atoms with E-state index in [4.69, 9.17) is 0 Å². The lowest BCUT2D eigenvalue weighted by Crippen LogP contribution is -2.07. The summed E-state index contributed by atoms with van der Waals surface area (Å²) in [5.74, 6) is -3.59. The van der Waals surface area contributed by atoms with Crippen molar-refractivity contribution < 1.29 is 29.0 Å². The summed E-state index contributed by atoms with van der Waals surface area (Å²) >= 11 is 0. The Morgan fingerprint density at radius 1 is 1.47 bits per heavy atom. The van der Waals surface area contributed by atoms with E-state index >= 15 is 0 Å². The van der Waals surface area contributed by atoms with Gasteiger partial charge in [0, 0.05) is 6.08 Å². The number of carbonyl (C=O) groups excluding carboxylic acids is 3. The van der Waals surface area contributed by atoms with Gasteiger partial charge in [0.15, 0.2) is 17.1 Å².